The number of aromatic nitrogens is 3. The molecule has 194 valence electrons. The first kappa shape index (κ1) is 26.8. The molecule has 4 aromatic rings. The second-order valence-electron chi connectivity index (χ2n) is 8.73. The average molecular weight is 527 g/mol. The number of nitrogens with one attached hydrogen (secondary N) is 1. The molecule has 3 aromatic carbocycles. The van der Waals surface area contributed by atoms with Gasteiger partial charge in [-0.2, -0.15) is 10.2 Å². The zero-order valence-electron chi connectivity index (χ0n) is 21.4. The summed E-state index contributed by atoms with van der Waals surface area (Å²) in [4.78, 5) is 12.6. The van der Waals surface area contributed by atoms with Crippen LogP contribution in [0.1, 0.15) is 31.2 Å². The van der Waals surface area contributed by atoms with Gasteiger partial charge in [0.05, 0.1) is 17.1 Å². The van der Waals surface area contributed by atoms with Crippen LogP contribution < -0.4 is 10.1 Å². The molecule has 1 aromatic heterocycles. The van der Waals surface area contributed by atoms with Crippen molar-refractivity contribution in [3.8, 4) is 5.75 Å². The summed E-state index contributed by atoms with van der Waals surface area (Å²) in [6, 6.07) is 24.8. The van der Waals surface area contributed by atoms with Crippen LogP contribution in [0.5, 0.6) is 5.75 Å². The Bertz CT molecular complexity index is 1370. The standard InChI is InChI=1S/C29H30N6O2S/c1-4-18-35-27(19-37-26-16-10-22(11-17-26)21(2)3)33-34-29(35)38-20-28(36)30-23-12-14-25(15-13-23)32-31-24-8-6-5-7-9-24/h4-17,21H,1,18-20H2,2-3H3,(H,30,36). The first-order valence-electron chi connectivity index (χ1n) is 12.3. The topological polar surface area (TPSA) is 93.8 Å². The molecule has 0 saturated carbocycles. The fourth-order valence-corrected chi connectivity index (χ4v) is 4.26. The molecule has 9 heteroatoms. The van der Waals surface area contributed by atoms with E-state index in [1.54, 1.807) is 30.3 Å². The predicted molar refractivity (Wildman–Crippen MR) is 151 cm³/mol. The maximum atomic E-state index is 12.6. The molecule has 0 radical (unpaired) electrons. The van der Waals surface area contributed by atoms with E-state index in [0.717, 1.165) is 11.4 Å². The van der Waals surface area contributed by atoms with Gasteiger partial charge in [0.15, 0.2) is 11.0 Å². The van der Waals surface area contributed by atoms with Crippen molar-refractivity contribution in [3.63, 3.8) is 0 Å². The summed E-state index contributed by atoms with van der Waals surface area (Å²) in [5, 5.41) is 20.5. The number of benzene rings is 3. The Morgan fingerprint density at radius 2 is 1.68 bits per heavy atom. The lowest BCUT2D eigenvalue weighted by molar-refractivity contribution is -0.113. The Morgan fingerprint density at radius 3 is 2.34 bits per heavy atom. The number of rotatable bonds is 12. The van der Waals surface area contributed by atoms with E-state index in [4.69, 9.17) is 4.74 Å². The third-order valence-electron chi connectivity index (χ3n) is 5.54. The molecule has 0 spiro atoms. The van der Waals surface area contributed by atoms with Crippen LogP contribution in [-0.2, 0) is 17.9 Å². The highest BCUT2D eigenvalue weighted by Crippen LogP contribution is 2.23. The normalized spacial score (nSPS) is 11.1. The molecule has 4 rings (SSSR count). The van der Waals surface area contributed by atoms with Gasteiger partial charge >= 0.3 is 0 Å². The first-order chi connectivity index (χ1) is 18.5. The number of ether oxygens (including phenoxy) is 1. The molecule has 1 amide bonds. The van der Waals surface area contributed by atoms with E-state index in [1.165, 1.54) is 17.3 Å². The lowest BCUT2D eigenvalue weighted by Gasteiger charge is -2.10. The van der Waals surface area contributed by atoms with Gasteiger partial charge < -0.3 is 10.1 Å². The van der Waals surface area contributed by atoms with Crippen LogP contribution >= 0.6 is 11.8 Å². The Kier molecular flexibility index (Phi) is 9.42. The zero-order chi connectivity index (χ0) is 26.7. The maximum Gasteiger partial charge on any atom is 0.234 e. The van der Waals surface area contributed by atoms with Crippen LogP contribution in [0.25, 0.3) is 0 Å². The molecule has 0 saturated heterocycles. The Labute approximate surface area is 226 Å². The van der Waals surface area contributed by atoms with E-state index in [9.17, 15) is 4.79 Å². The van der Waals surface area contributed by atoms with Gasteiger partial charge in [-0.15, -0.1) is 16.8 Å². The van der Waals surface area contributed by atoms with E-state index in [0.29, 0.717) is 34.8 Å². The summed E-state index contributed by atoms with van der Waals surface area (Å²) >= 11 is 1.31. The number of hydrogen-bond donors (Lipinski definition) is 1. The summed E-state index contributed by atoms with van der Waals surface area (Å²) in [6.45, 7) is 8.92. The van der Waals surface area contributed by atoms with Gasteiger partial charge in [-0.1, -0.05) is 62.0 Å². The number of thioether (sulfide) groups is 1. The van der Waals surface area contributed by atoms with E-state index in [2.05, 4.69) is 58.3 Å². The van der Waals surface area contributed by atoms with E-state index in [-0.39, 0.29) is 18.3 Å². The minimum atomic E-state index is -0.148. The summed E-state index contributed by atoms with van der Waals surface area (Å²) < 4.78 is 7.83. The number of allylic oxidation sites excluding steroid dienone is 1. The van der Waals surface area contributed by atoms with Gasteiger partial charge in [-0.25, -0.2) is 0 Å². The van der Waals surface area contributed by atoms with Crippen molar-refractivity contribution in [3.05, 3.63) is 103 Å². The summed E-state index contributed by atoms with van der Waals surface area (Å²) in [7, 11) is 0. The lowest BCUT2D eigenvalue weighted by Crippen LogP contribution is -2.15. The van der Waals surface area contributed by atoms with Crippen LogP contribution in [0.3, 0.4) is 0 Å². The number of carbonyl (C=O) groups is 1. The minimum Gasteiger partial charge on any atom is -0.486 e. The molecule has 1 heterocycles. The van der Waals surface area contributed by atoms with Gasteiger partial charge in [0.2, 0.25) is 5.91 Å². The molecule has 0 aliphatic carbocycles. The third-order valence-corrected chi connectivity index (χ3v) is 6.51. The third kappa shape index (κ3) is 7.63. The van der Waals surface area contributed by atoms with Crippen LogP contribution in [0, 0.1) is 0 Å². The monoisotopic (exact) mass is 526 g/mol. The number of azo groups is 1. The molecule has 0 aliphatic heterocycles. The van der Waals surface area contributed by atoms with Crippen molar-refractivity contribution < 1.29 is 9.53 Å². The van der Waals surface area contributed by atoms with E-state index >= 15 is 0 Å². The quantitative estimate of drug-likeness (QED) is 0.119. The summed E-state index contributed by atoms with van der Waals surface area (Å²) in [5.74, 6) is 1.93. The minimum absolute atomic E-state index is 0.148. The molecule has 8 nitrogen and oxygen atoms in total. The van der Waals surface area contributed by atoms with Crippen molar-refractivity contribution >= 4 is 34.7 Å². The van der Waals surface area contributed by atoms with Crippen molar-refractivity contribution in [1.82, 2.24) is 14.8 Å². The second-order valence-corrected chi connectivity index (χ2v) is 9.67. The van der Waals surface area contributed by atoms with Crippen molar-refractivity contribution in [1.29, 1.82) is 0 Å². The van der Waals surface area contributed by atoms with Crippen molar-refractivity contribution in [2.45, 2.75) is 38.1 Å². The van der Waals surface area contributed by atoms with Crippen molar-refractivity contribution in [2.75, 3.05) is 11.1 Å². The van der Waals surface area contributed by atoms with Gasteiger partial charge in [-0.05, 0) is 60.0 Å². The molecule has 0 fully saturated rings. The SMILES string of the molecule is C=CCn1c(COc2ccc(C(C)C)cc2)nnc1SCC(=O)Nc1ccc(N=Nc2ccccc2)cc1. The predicted octanol–water partition coefficient (Wildman–Crippen LogP) is 7.31. The molecule has 38 heavy (non-hydrogen) atoms. The van der Waals surface area contributed by atoms with Gasteiger partial charge in [0.1, 0.15) is 12.4 Å². The van der Waals surface area contributed by atoms with Gasteiger partial charge in [0.25, 0.3) is 0 Å². The zero-order valence-corrected chi connectivity index (χ0v) is 22.3. The number of anilines is 1. The fourth-order valence-electron chi connectivity index (χ4n) is 3.49. The fraction of sp³-hybridized carbons (Fsp3) is 0.207. The van der Waals surface area contributed by atoms with E-state index in [1.807, 2.05) is 47.0 Å². The van der Waals surface area contributed by atoms with Crippen LogP contribution in [0.2, 0.25) is 0 Å². The molecule has 1 N–H and O–H groups in total. The van der Waals surface area contributed by atoms with E-state index < -0.39 is 0 Å². The number of nitrogens with zero attached hydrogens (tertiary/aromatic N) is 5. The van der Waals surface area contributed by atoms with Crippen LogP contribution in [-0.4, -0.2) is 26.4 Å². The Morgan fingerprint density at radius 1 is 1.00 bits per heavy atom. The smallest absolute Gasteiger partial charge is 0.234 e. The highest BCUT2D eigenvalue weighted by Gasteiger charge is 2.14. The molecule has 0 bridgehead atoms. The molecular formula is C29H30N6O2S. The number of hydrogen-bond acceptors (Lipinski definition) is 7. The Balaban J connectivity index is 1.30. The van der Waals surface area contributed by atoms with Crippen LogP contribution in [0.15, 0.2) is 107 Å². The van der Waals surface area contributed by atoms with Crippen molar-refractivity contribution in [2.24, 2.45) is 10.2 Å². The van der Waals surface area contributed by atoms with Gasteiger partial charge in [-0.3, -0.25) is 9.36 Å². The number of amides is 1. The maximum absolute atomic E-state index is 12.6. The second kappa shape index (κ2) is 13.3. The lowest BCUT2D eigenvalue weighted by atomic mass is 10.0. The molecule has 0 aliphatic rings. The highest BCUT2D eigenvalue weighted by atomic mass is 32.2. The largest absolute Gasteiger partial charge is 0.486 e. The first-order valence-corrected chi connectivity index (χ1v) is 13.3. The molecule has 0 atom stereocenters. The Hall–Kier alpha value is -4.24. The summed E-state index contributed by atoms with van der Waals surface area (Å²) in [5.41, 5.74) is 3.42. The molecule has 0 unspecified atom stereocenters. The summed E-state index contributed by atoms with van der Waals surface area (Å²) in [6.07, 6.45) is 1.77. The van der Waals surface area contributed by atoms with Gasteiger partial charge in [0, 0.05) is 12.2 Å². The van der Waals surface area contributed by atoms with Crippen LogP contribution in [0.4, 0.5) is 17.1 Å². The molecular weight excluding hydrogens is 496 g/mol. The number of carbonyl (C=O) groups excluding carboxylic acids is 1. The average Bonchev–Trinajstić information content (AvgIpc) is 3.32. The highest BCUT2D eigenvalue weighted by molar-refractivity contribution is 7.99.